The number of alkyl halides is 3. The quantitative estimate of drug-likeness (QED) is 0.374. The molecule has 31 heavy (non-hydrogen) atoms. The van der Waals surface area contributed by atoms with Gasteiger partial charge < -0.3 is 5.32 Å². The highest BCUT2D eigenvalue weighted by atomic mass is 79.9. The molecule has 1 N–H and O–H groups in total. The van der Waals surface area contributed by atoms with Gasteiger partial charge in [0.1, 0.15) is 11.9 Å². The van der Waals surface area contributed by atoms with E-state index in [1.165, 1.54) is 36.9 Å². The minimum absolute atomic E-state index is 0.00961. The van der Waals surface area contributed by atoms with Crippen molar-refractivity contribution in [1.29, 1.82) is 0 Å². The average Bonchev–Trinajstić information content (AvgIpc) is 3.17. The van der Waals surface area contributed by atoms with Crippen LogP contribution >= 0.6 is 43.5 Å². The summed E-state index contributed by atoms with van der Waals surface area (Å²) in [5.41, 5.74) is -0.743. The van der Waals surface area contributed by atoms with E-state index in [2.05, 4.69) is 47.4 Å². The molecule has 0 spiro atoms. The molecule has 1 unspecified atom stereocenters. The van der Waals surface area contributed by atoms with Crippen LogP contribution in [0.3, 0.4) is 0 Å². The van der Waals surface area contributed by atoms with Crippen LogP contribution in [0.2, 0.25) is 5.02 Å². The number of rotatable bonds is 5. The normalized spacial score (nSPS) is 12.8. The van der Waals surface area contributed by atoms with Gasteiger partial charge in [0.15, 0.2) is 11.5 Å². The topological polar surface area (TPSA) is 64.7 Å². The first-order valence-electron chi connectivity index (χ1n) is 8.68. The number of benzene rings is 1. The minimum Gasteiger partial charge on any atom is -0.306 e. The number of carbonyl (C=O) groups excluding carboxylic acids is 1. The van der Waals surface area contributed by atoms with E-state index in [0.717, 1.165) is 4.68 Å². The lowest BCUT2D eigenvalue weighted by Gasteiger charge is -2.13. The summed E-state index contributed by atoms with van der Waals surface area (Å²) in [5.74, 6) is -1.02. The van der Waals surface area contributed by atoms with Crippen LogP contribution in [0.1, 0.15) is 29.9 Å². The van der Waals surface area contributed by atoms with Gasteiger partial charge in [0.05, 0.1) is 21.2 Å². The molecule has 1 aromatic carbocycles. The highest BCUT2D eigenvalue weighted by molar-refractivity contribution is 9.11. The van der Waals surface area contributed by atoms with Gasteiger partial charge >= 0.3 is 6.18 Å². The van der Waals surface area contributed by atoms with Crippen LogP contribution in [0.25, 0.3) is 0 Å². The maximum absolute atomic E-state index is 14.0. The van der Waals surface area contributed by atoms with Crippen LogP contribution in [-0.4, -0.2) is 25.5 Å². The number of aromatic nitrogens is 4. The van der Waals surface area contributed by atoms with E-state index in [0.29, 0.717) is 4.47 Å². The van der Waals surface area contributed by atoms with Crippen molar-refractivity contribution in [1.82, 2.24) is 19.6 Å². The Hall–Kier alpha value is -1.92. The van der Waals surface area contributed by atoms with Crippen LogP contribution in [-0.2, 0) is 17.5 Å². The van der Waals surface area contributed by atoms with E-state index in [4.69, 9.17) is 11.6 Å². The van der Waals surface area contributed by atoms with E-state index >= 15 is 0 Å². The van der Waals surface area contributed by atoms with E-state index < -0.39 is 29.6 Å². The minimum atomic E-state index is -4.67. The van der Waals surface area contributed by atoms with Gasteiger partial charge in [-0.25, -0.2) is 4.39 Å². The van der Waals surface area contributed by atoms with E-state index in [9.17, 15) is 22.4 Å². The SMILES string of the molecule is Cc1c(Br)c(C(F)(F)F)nn1C(C)C(=O)Nc1nn(Cc2c(F)cccc2Cl)cc1Br. The highest BCUT2D eigenvalue weighted by Gasteiger charge is 2.39. The van der Waals surface area contributed by atoms with Gasteiger partial charge in [-0.05, 0) is 57.8 Å². The highest BCUT2D eigenvalue weighted by Crippen LogP contribution is 2.36. The van der Waals surface area contributed by atoms with Crippen molar-refractivity contribution in [2.75, 3.05) is 5.32 Å². The number of hydrogen-bond acceptors (Lipinski definition) is 3. The van der Waals surface area contributed by atoms with Gasteiger partial charge in [-0.3, -0.25) is 14.2 Å². The Kier molecular flexibility index (Phi) is 6.82. The molecule has 0 radical (unpaired) electrons. The number of halogens is 7. The third-order valence-electron chi connectivity index (χ3n) is 4.43. The largest absolute Gasteiger partial charge is 0.436 e. The zero-order valence-electron chi connectivity index (χ0n) is 15.9. The van der Waals surface area contributed by atoms with Crippen molar-refractivity contribution in [2.45, 2.75) is 32.6 Å². The summed E-state index contributed by atoms with van der Waals surface area (Å²) < 4.78 is 55.8. The Morgan fingerprint density at radius 3 is 2.55 bits per heavy atom. The first-order chi connectivity index (χ1) is 14.4. The molecule has 166 valence electrons. The lowest BCUT2D eigenvalue weighted by Crippen LogP contribution is -2.26. The van der Waals surface area contributed by atoms with Crippen molar-refractivity contribution in [3.8, 4) is 0 Å². The van der Waals surface area contributed by atoms with Crippen molar-refractivity contribution in [2.24, 2.45) is 0 Å². The van der Waals surface area contributed by atoms with Gasteiger partial charge in [-0.1, -0.05) is 17.7 Å². The number of nitrogens with one attached hydrogen (secondary N) is 1. The molecule has 0 aliphatic heterocycles. The van der Waals surface area contributed by atoms with E-state index in [1.807, 2.05) is 0 Å². The molecule has 0 bridgehead atoms. The number of amides is 1. The summed E-state index contributed by atoms with van der Waals surface area (Å²) in [6.07, 6.45) is -3.15. The molecule has 0 aliphatic rings. The summed E-state index contributed by atoms with van der Waals surface area (Å²) in [6, 6.07) is 3.23. The summed E-state index contributed by atoms with van der Waals surface area (Å²) in [7, 11) is 0. The lowest BCUT2D eigenvalue weighted by molar-refractivity contribution is -0.142. The molecule has 2 aromatic heterocycles. The van der Waals surface area contributed by atoms with Crippen LogP contribution in [0.5, 0.6) is 0 Å². The molecule has 0 saturated heterocycles. The molecular formula is C18H14Br2ClF4N5O. The molecule has 2 heterocycles. The van der Waals surface area contributed by atoms with E-state index in [1.54, 1.807) is 6.07 Å². The van der Waals surface area contributed by atoms with Crippen molar-refractivity contribution >= 4 is 55.2 Å². The van der Waals surface area contributed by atoms with Gasteiger partial charge in [-0.2, -0.15) is 23.4 Å². The second kappa shape index (κ2) is 8.91. The molecule has 1 amide bonds. The predicted octanol–water partition coefficient (Wildman–Crippen LogP) is 5.97. The second-order valence-corrected chi connectivity index (χ2v) is 8.63. The molecule has 1 atom stereocenters. The lowest BCUT2D eigenvalue weighted by atomic mass is 10.2. The predicted molar refractivity (Wildman–Crippen MR) is 113 cm³/mol. The van der Waals surface area contributed by atoms with Gasteiger partial charge in [0.2, 0.25) is 5.91 Å². The van der Waals surface area contributed by atoms with Crippen molar-refractivity contribution < 1.29 is 22.4 Å². The number of hydrogen-bond donors (Lipinski definition) is 1. The maximum Gasteiger partial charge on any atom is 0.436 e. The summed E-state index contributed by atoms with van der Waals surface area (Å²) >= 11 is 12.2. The number of nitrogens with zero attached hydrogens (tertiary/aromatic N) is 4. The van der Waals surface area contributed by atoms with E-state index in [-0.39, 0.29) is 33.1 Å². The number of anilines is 1. The van der Waals surface area contributed by atoms with Crippen LogP contribution < -0.4 is 5.32 Å². The summed E-state index contributed by atoms with van der Waals surface area (Å²) in [5, 5.41) is 10.5. The fraction of sp³-hybridized carbons (Fsp3) is 0.278. The molecular weight excluding hydrogens is 573 g/mol. The molecule has 6 nitrogen and oxygen atoms in total. The molecule has 13 heteroatoms. The third-order valence-corrected chi connectivity index (χ3v) is 6.32. The molecule has 3 rings (SSSR count). The fourth-order valence-corrected chi connectivity index (χ4v) is 3.92. The zero-order valence-corrected chi connectivity index (χ0v) is 19.9. The number of carbonyl (C=O) groups is 1. The fourth-order valence-electron chi connectivity index (χ4n) is 2.80. The van der Waals surface area contributed by atoms with Crippen LogP contribution in [0.4, 0.5) is 23.4 Å². The molecule has 3 aromatic rings. The molecule has 0 aliphatic carbocycles. The summed E-state index contributed by atoms with van der Waals surface area (Å²) in [4.78, 5) is 12.6. The Balaban J connectivity index is 1.80. The second-order valence-electron chi connectivity index (χ2n) is 6.58. The molecule has 0 saturated carbocycles. The molecule has 0 fully saturated rings. The Labute approximate surface area is 195 Å². The monoisotopic (exact) mass is 585 g/mol. The Bertz CT molecular complexity index is 1120. The zero-order chi connectivity index (χ0) is 23.1. The summed E-state index contributed by atoms with van der Waals surface area (Å²) in [6.45, 7) is 2.83. The standard InChI is InChI=1S/C18H14Br2ClF4N5O/c1-8-14(20)15(18(23,24)25)27-30(8)9(2)17(31)26-16-11(19)7-29(28-16)6-10-12(21)4-3-5-13(10)22/h3-5,7,9H,6H2,1-2H3,(H,26,28,31). The smallest absolute Gasteiger partial charge is 0.306 e. The van der Waals surface area contributed by atoms with Crippen LogP contribution in [0.15, 0.2) is 33.3 Å². The van der Waals surface area contributed by atoms with Gasteiger partial charge in [0, 0.05) is 16.8 Å². The Morgan fingerprint density at radius 1 is 1.29 bits per heavy atom. The maximum atomic E-state index is 14.0. The average molecular weight is 588 g/mol. The Morgan fingerprint density at radius 2 is 1.97 bits per heavy atom. The third kappa shape index (κ3) is 4.96. The van der Waals surface area contributed by atoms with Crippen molar-refractivity contribution in [3.05, 3.63) is 61.1 Å². The van der Waals surface area contributed by atoms with Crippen LogP contribution in [0, 0.1) is 12.7 Å². The first kappa shape index (κ1) is 23.7. The van der Waals surface area contributed by atoms with Gasteiger partial charge in [-0.15, -0.1) is 0 Å². The van der Waals surface area contributed by atoms with Gasteiger partial charge in [0.25, 0.3) is 0 Å². The first-order valence-corrected chi connectivity index (χ1v) is 10.6. The van der Waals surface area contributed by atoms with Crippen molar-refractivity contribution in [3.63, 3.8) is 0 Å².